The Balaban J connectivity index is 1.64. The summed E-state index contributed by atoms with van der Waals surface area (Å²) in [6, 6.07) is 16.7. The van der Waals surface area contributed by atoms with Gasteiger partial charge in [-0.05, 0) is 35.7 Å². The molecule has 136 valence electrons. The highest BCUT2D eigenvalue weighted by molar-refractivity contribution is 7.84. The fourth-order valence-electron chi connectivity index (χ4n) is 2.77. The van der Waals surface area contributed by atoms with E-state index in [1.54, 1.807) is 13.2 Å². The highest BCUT2D eigenvalue weighted by atomic mass is 32.2. The van der Waals surface area contributed by atoms with Crippen molar-refractivity contribution in [1.82, 2.24) is 9.97 Å². The Kier molecular flexibility index (Phi) is 4.87. The summed E-state index contributed by atoms with van der Waals surface area (Å²) in [5.74, 6) is 1.02. The summed E-state index contributed by atoms with van der Waals surface area (Å²) in [4.78, 5) is 20.7. The lowest BCUT2D eigenvalue weighted by Gasteiger charge is -2.04. The minimum atomic E-state index is -1.16. The van der Waals surface area contributed by atoms with E-state index in [1.807, 2.05) is 53.9 Å². The molecule has 0 bridgehead atoms. The van der Waals surface area contributed by atoms with E-state index in [0.29, 0.717) is 28.3 Å². The Bertz CT molecular complexity index is 1180. The number of methoxy groups -OCH3 is 1. The number of hydrogen-bond donors (Lipinski definition) is 1. The van der Waals surface area contributed by atoms with Crippen molar-refractivity contribution in [2.75, 3.05) is 7.11 Å². The molecule has 5 nitrogen and oxygen atoms in total. The van der Waals surface area contributed by atoms with Crippen LogP contribution in [0.5, 0.6) is 5.75 Å². The molecule has 0 fully saturated rings. The van der Waals surface area contributed by atoms with Gasteiger partial charge in [-0.15, -0.1) is 11.3 Å². The smallest absolute Gasteiger partial charge is 0.257 e. The molecule has 0 spiro atoms. The molecular weight excluding hydrogens is 380 g/mol. The number of nitrogens with zero attached hydrogens (tertiary/aromatic N) is 1. The quantitative estimate of drug-likeness (QED) is 0.554. The van der Waals surface area contributed by atoms with Crippen LogP contribution in [0.3, 0.4) is 0 Å². The fourth-order valence-corrected chi connectivity index (χ4v) is 4.85. The summed E-state index contributed by atoms with van der Waals surface area (Å²) in [6.07, 6.45) is 0. The Labute approximate surface area is 162 Å². The molecule has 4 rings (SSSR count). The van der Waals surface area contributed by atoms with Gasteiger partial charge in [-0.2, -0.15) is 0 Å². The van der Waals surface area contributed by atoms with Gasteiger partial charge >= 0.3 is 0 Å². The highest BCUT2D eigenvalue weighted by Crippen LogP contribution is 2.25. The van der Waals surface area contributed by atoms with Crippen LogP contribution in [0.2, 0.25) is 0 Å². The van der Waals surface area contributed by atoms with Crippen molar-refractivity contribution >= 4 is 33.0 Å². The second-order valence-electron chi connectivity index (χ2n) is 5.89. The number of pyridine rings is 1. The molecule has 1 N–H and O–H groups in total. The van der Waals surface area contributed by atoms with Crippen LogP contribution in [0.25, 0.3) is 22.2 Å². The maximum absolute atomic E-state index is 12.5. The number of fused-ring (bicyclic) bond motifs is 1. The van der Waals surface area contributed by atoms with Gasteiger partial charge in [0.05, 0.1) is 40.4 Å². The molecule has 2 aromatic carbocycles. The monoisotopic (exact) mass is 396 g/mol. The van der Waals surface area contributed by atoms with E-state index < -0.39 is 10.8 Å². The zero-order valence-electron chi connectivity index (χ0n) is 14.5. The molecule has 1 unspecified atom stereocenters. The Morgan fingerprint density at radius 3 is 2.74 bits per heavy atom. The minimum Gasteiger partial charge on any atom is -0.497 e. The second kappa shape index (κ2) is 7.46. The molecule has 2 aromatic heterocycles. The average Bonchev–Trinajstić information content (AvgIpc) is 3.15. The highest BCUT2D eigenvalue weighted by Gasteiger charge is 2.13. The minimum absolute atomic E-state index is 0.211. The zero-order chi connectivity index (χ0) is 18.8. The van der Waals surface area contributed by atoms with Crippen molar-refractivity contribution < 1.29 is 8.95 Å². The number of aromatic nitrogens is 2. The van der Waals surface area contributed by atoms with Gasteiger partial charge in [0.2, 0.25) is 0 Å². The van der Waals surface area contributed by atoms with Crippen LogP contribution >= 0.6 is 11.3 Å². The van der Waals surface area contributed by atoms with Crippen LogP contribution in [-0.2, 0) is 16.6 Å². The standard InChI is InChI=1S/C20H16N2O3S2/c1-25-14-8-7-13-9-16(20(23)22-17(13)10-14)18-11-26-19(21-18)12-27(24)15-5-3-2-4-6-15/h2-11H,12H2,1H3,(H,22,23). The number of benzene rings is 2. The maximum atomic E-state index is 12.5. The van der Waals surface area contributed by atoms with Crippen molar-refractivity contribution in [1.29, 1.82) is 0 Å². The topological polar surface area (TPSA) is 72.0 Å². The van der Waals surface area contributed by atoms with Crippen molar-refractivity contribution in [2.45, 2.75) is 10.6 Å². The largest absolute Gasteiger partial charge is 0.497 e. The van der Waals surface area contributed by atoms with Crippen LogP contribution in [0.1, 0.15) is 5.01 Å². The lowest BCUT2D eigenvalue weighted by atomic mass is 10.1. The lowest BCUT2D eigenvalue weighted by molar-refractivity contribution is 0.415. The molecule has 4 aromatic rings. The third-order valence-corrected chi connectivity index (χ3v) is 6.51. The van der Waals surface area contributed by atoms with Crippen LogP contribution in [0.15, 0.2) is 69.7 Å². The van der Waals surface area contributed by atoms with Crippen molar-refractivity contribution in [3.8, 4) is 17.0 Å². The van der Waals surface area contributed by atoms with E-state index >= 15 is 0 Å². The van der Waals surface area contributed by atoms with E-state index in [-0.39, 0.29) is 5.56 Å². The van der Waals surface area contributed by atoms with Gasteiger partial charge in [0.25, 0.3) is 5.56 Å². The molecule has 0 aliphatic rings. The molecule has 0 saturated carbocycles. The van der Waals surface area contributed by atoms with Crippen LogP contribution in [-0.4, -0.2) is 21.3 Å². The Morgan fingerprint density at radius 2 is 1.96 bits per heavy atom. The van der Waals surface area contributed by atoms with E-state index in [1.165, 1.54) is 11.3 Å². The lowest BCUT2D eigenvalue weighted by Crippen LogP contribution is -2.09. The molecule has 27 heavy (non-hydrogen) atoms. The number of H-pyrrole nitrogens is 1. The van der Waals surface area contributed by atoms with Crippen molar-refractivity contribution in [3.63, 3.8) is 0 Å². The fraction of sp³-hybridized carbons (Fsp3) is 0.100. The predicted octanol–water partition coefficient (Wildman–Crippen LogP) is 3.97. The molecule has 1 atom stereocenters. The molecular formula is C20H16N2O3S2. The van der Waals surface area contributed by atoms with Gasteiger partial charge in [0.1, 0.15) is 10.8 Å². The maximum Gasteiger partial charge on any atom is 0.257 e. The summed E-state index contributed by atoms with van der Waals surface area (Å²) in [7, 11) is 0.426. The van der Waals surface area contributed by atoms with Gasteiger partial charge in [0, 0.05) is 16.3 Å². The summed E-state index contributed by atoms with van der Waals surface area (Å²) in [5.41, 5.74) is 1.60. The van der Waals surface area contributed by atoms with E-state index in [9.17, 15) is 9.00 Å². The van der Waals surface area contributed by atoms with Crippen LogP contribution in [0.4, 0.5) is 0 Å². The predicted molar refractivity (Wildman–Crippen MR) is 109 cm³/mol. The Hall–Kier alpha value is -2.77. The molecule has 0 amide bonds. The Morgan fingerprint density at radius 1 is 1.15 bits per heavy atom. The molecule has 2 heterocycles. The summed E-state index contributed by atoms with van der Waals surface area (Å²) < 4.78 is 17.7. The van der Waals surface area contributed by atoms with Gasteiger partial charge in [-0.25, -0.2) is 4.98 Å². The molecule has 0 aliphatic carbocycles. The molecule has 0 aliphatic heterocycles. The van der Waals surface area contributed by atoms with Gasteiger partial charge in [-0.3, -0.25) is 9.00 Å². The SMILES string of the molecule is COc1ccc2cc(-c3csc(CS(=O)c4ccccc4)n3)c(=O)[nH]c2c1. The van der Waals surface area contributed by atoms with E-state index in [2.05, 4.69) is 9.97 Å². The second-order valence-corrected chi connectivity index (χ2v) is 8.29. The first-order chi connectivity index (χ1) is 13.1. The van der Waals surface area contributed by atoms with Gasteiger partial charge in [0.15, 0.2) is 0 Å². The number of aromatic amines is 1. The molecule has 0 saturated heterocycles. The number of ether oxygens (including phenoxy) is 1. The van der Waals surface area contributed by atoms with E-state index in [4.69, 9.17) is 4.74 Å². The van der Waals surface area contributed by atoms with Crippen LogP contribution in [0, 0.1) is 0 Å². The average molecular weight is 396 g/mol. The summed E-state index contributed by atoms with van der Waals surface area (Å²) in [5, 5.41) is 3.46. The van der Waals surface area contributed by atoms with Crippen molar-refractivity contribution in [3.05, 3.63) is 75.3 Å². The zero-order valence-corrected chi connectivity index (χ0v) is 16.1. The number of hydrogen-bond acceptors (Lipinski definition) is 5. The first-order valence-corrected chi connectivity index (χ1v) is 10.4. The third kappa shape index (κ3) is 3.70. The number of nitrogens with one attached hydrogen (secondary N) is 1. The normalized spacial score (nSPS) is 12.2. The van der Waals surface area contributed by atoms with E-state index in [0.717, 1.165) is 15.3 Å². The first kappa shape index (κ1) is 17.6. The number of rotatable bonds is 5. The summed E-state index contributed by atoms with van der Waals surface area (Å²) in [6.45, 7) is 0. The summed E-state index contributed by atoms with van der Waals surface area (Å²) >= 11 is 1.41. The molecule has 7 heteroatoms. The van der Waals surface area contributed by atoms with Gasteiger partial charge < -0.3 is 9.72 Å². The molecule has 0 radical (unpaired) electrons. The number of thiazole rings is 1. The first-order valence-electron chi connectivity index (χ1n) is 8.23. The third-order valence-electron chi connectivity index (χ3n) is 4.14. The van der Waals surface area contributed by atoms with Crippen molar-refractivity contribution in [2.24, 2.45) is 0 Å². The van der Waals surface area contributed by atoms with Crippen LogP contribution < -0.4 is 10.3 Å². The van der Waals surface area contributed by atoms with Gasteiger partial charge in [-0.1, -0.05) is 18.2 Å².